The number of nitrogens with zero attached hydrogens (tertiary/aromatic N) is 3. The fourth-order valence-electron chi connectivity index (χ4n) is 2.89. The van der Waals surface area contributed by atoms with E-state index in [0.29, 0.717) is 17.5 Å². The predicted octanol–water partition coefficient (Wildman–Crippen LogP) is 4.41. The highest BCUT2D eigenvalue weighted by Gasteiger charge is 2.20. The molecule has 0 radical (unpaired) electrons. The molecule has 0 aliphatic heterocycles. The minimum Gasteiger partial charge on any atom is -0.486 e. The van der Waals surface area contributed by atoms with Crippen molar-refractivity contribution >= 4 is 5.91 Å². The van der Waals surface area contributed by atoms with Gasteiger partial charge in [-0.2, -0.15) is 4.98 Å². The SMILES string of the molecule is Cc1ccc(OCc2cc(C(=O)N[C@H](C)c3nc(-c4ccccc4)no3)no2)cc1C. The third-order valence-electron chi connectivity index (χ3n) is 4.84. The van der Waals surface area contributed by atoms with Crippen LogP contribution in [0, 0.1) is 13.8 Å². The lowest BCUT2D eigenvalue weighted by molar-refractivity contribution is 0.0923. The Bertz CT molecular complexity index is 1180. The first-order valence-electron chi connectivity index (χ1n) is 9.85. The van der Waals surface area contributed by atoms with Crippen LogP contribution in [0.15, 0.2) is 63.6 Å². The number of nitrogens with one attached hydrogen (secondary N) is 1. The summed E-state index contributed by atoms with van der Waals surface area (Å²) in [7, 11) is 0. The van der Waals surface area contributed by atoms with Gasteiger partial charge in [-0.25, -0.2) is 0 Å². The lowest BCUT2D eigenvalue weighted by Gasteiger charge is -2.07. The molecule has 0 aliphatic carbocycles. The summed E-state index contributed by atoms with van der Waals surface area (Å²) in [5, 5.41) is 10.6. The molecular formula is C23H22N4O4. The van der Waals surface area contributed by atoms with Crippen LogP contribution in [0.1, 0.15) is 46.2 Å². The maximum Gasteiger partial charge on any atom is 0.274 e. The first-order chi connectivity index (χ1) is 15.0. The molecule has 2 aromatic heterocycles. The number of aryl methyl sites for hydroxylation is 2. The molecule has 2 heterocycles. The summed E-state index contributed by atoms with van der Waals surface area (Å²) in [6, 6.07) is 16.3. The topological polar surface area (TPSA) is 103 Å². The van der Waals surface area contributed by atoms with Gasteiger partial charge in [-0.05, 0) is 44.0 Å². The molecule has 4 aromatic rings. The van der Waals surface area contributed by atoms with Crippen LogP contribution in [0.25, 0.3) is 11.4 Å². The highest BCUT2D eigenvalue weighted by molar-refractivity contribution is 5.92. The first kappa shape index (κ1) is 20.3. The fourth-order valence-corrected chi connectivity index (χ4v) is 2.89. The molecule has 31 heavy (non-hydrogen) atoms. The Morgan fingerprint density at radius 3 is 2.61 bits per heavy atom. The zero-order valence-corrected chi connectivity index (χ0v) is 17.5. The van der Waals surface area contributed by atoms with Crippen molar-refractivity contribution in [1.29, 1.82) is 0 Å². The molecule has 8 nitrogen and oxygen atoms in total. The minimum atomic E-state index is -0.496. The van der Waals surface area contributed by atoms with Gasteiger partial charge in [-0.1, -0.05) is 46.7 Å². The summed E-state index contributed by atoms with van der Waals surface area (Å²) < 4.78 is 16.2. The third-order valence-corrected chi connectivity index (χ3v) is 4.84. The Labute approximate surface area is 179 Å². The standard InChI is InChI=1S/C23H22N4O4/c1-14-9-10-18(11-15(14)2)29-13-19-12-20(26-30-19)22(28)24-16(3)23-25-21(27-31-23)17-7-5-4-6-8-17/h4-12,16H,13H2,1-3H3,(H,24,28)/t16-/m1/s1. The number of rotatable bonds is 7. The number of carbonyl (C=O) groups excluding carboxylic acids is 1. The molecule has 0 spiro atoms. The van der Waals surface area contributed by atoms with Gasteiger partial charge in [0.1, 0.15) is 18.4 Å². The van der Waals surface area contributed by atoms with E-state index in [1.54, 1.807) is 13.0 Å². The second kappa shape index (κ2) is 8.83. The maximum absolute atomic E-state index is 12.5. The van der Waals surface area contributed by atoms with E-state index in [1.165, 1.54) is 5.56 Å². The quantitative estimate of drug-likeness (QED) is 0.474. The molecule has 0 saturated heterocycles. The van der Waals surface area contributed by atoms with E-state index in [0.717, 1.165) is 16.9 Å². The van der Waals surface area contributed by atoms with Crippen molar-refractivity contribution in [2.45, 2.75) is 33.4 Å². The molecule has 0 bridgehead atoms. The summed E-state index contributed by atoms with van der Waals surface area (Å²) in [5.74, 6) is 1.52. The van der Waals surface area contributed by atoms with E-state index >= 15 is 0 Å². The van der Waals surface area contributed by atoms with Crippen molar-refractivity contribution in [2.75, 3.05) is 0 Å². The smallest absolute Gasteiger partial charge is 0.274 e. The molecule has 0 fully saturated rings. The summed E-state index contributed by atoms with van der Waals surface area (Å²) >= 11 is 0. The van der Waals surface area contributed by atoms with E-state index in [4.69, 9.17) is 13.8 Å². The summed E-state index contributed by atoms with van der Waals surface area (Å²) in [6.07, 6.45) is 0. The van der Waals surface area contributed by atoms with Gasteiger partial charge in [-0.3, -0.25) is 4.79 Å². The van der Waals surface area contributed by atoms with Crippen molar-refractivity contribution in [3.63, 3.8) is 0 Å². The van der Waals surface area contributed by atoms with Crippen LogP contribution < -0.4 is 10.1 Å². The molecule has 2 aromatic carbocycles. The molecule has 1 amide bonds. The van der Waals surface area contributed by atoms with Crippen LogP contribution >= 0.6 is 0 Å². The van der Waals surface area contributed by atoms with Gasteiger partial charge in [0.25, 0.3) is 5.91 Å². The molecule has 1 N–H and O–H groups in total. The van der Waals surface area contributed by atoms with Gasteiger partial charge in [0.2, 0.25) is 11.7 Å². The Kier molecular flexibility index (Phi) is 5.79. The lowest BCUT2D eigenvalue weighted by Crippen LogP contribution is -2.27. The van der Waals surface area contributed by atoms with E-state index in [9.17, 15) is 4.79 Å². The highest BCUT2D eigenvalue weighted by atomic mass is 16.5. The Hall–Kier alpha value is -3.94. The number of hydrogen-bond acceptors (Lipinski definition) is 7. The molecule has 158 valence electrons. The zero-order valence-electron chi connectivity index (χ0n) is 17.5. The van der Waals surface area contributed by atoms with Gasteiger partial charge in [0.05, 0.1) is 0 Å². The van der Waals surface area contributed by atoms with Crippen LogP contribution in [0.4, 0.5) is 0 Å². The summed E-state index contributed by atoms with van der Waals surface area (Å²) in [4.78, 5) is 16.9. The van der Waals surface area contributed by atoms with E-state index in [2.05, 4.69) is 20.6 Å². The van der Waals surface area contributed by atoms with Gasteiger partial charge in [0.15, 0.2) is 11.5 Å². The van der Waals surface area contributed by atoms with Crippen LogP contribution in [0.3, 0.4) is 0 Å². The van der Waals surface area contributed by atoms with Gasteiger partial charge in [-0.15, -0.1) is 0 Å². The average molecular weight is 418 g/mol. The molecule has 0 saturated carbocycles. The van der Waals surface area contributed by atoms with Crippen molar-refractivity contribution in [2.24, 2.45) is 0 Å². The Morgan fingerprint density at radius 2 is 1.84 bits per heavy atom. The monoisotopic (exact) mass is 418 g/mol. The average Bonchev–Trinajstić information content (AvgIpc) is 3.45. The number of hydrogen-bond donors (Lipinski definition) is 1. The van der Waals surface area contributed by atoms with Crippen molar-refractivity contribution in [1.82, 2.24) is 20.6 Å². The third kappa shape index (κ3) is 4.80. The van der Waals surface area contributed by atoms with Gasteiger partial charge in [0, 0.05) is 11.6 Å². The van der Waals surface area contributed by atoms with E-state index < -0.39 is 11.9 Å². The van der Waals surface area contributed by atoms with E-state index in [1.807, 2.05) is 62.4 Å². The summed E-state index contributed by atoms with van der Waals surface area (Å²) in [5.41, 5.74) is 3.31. The van der Waals surface area contributed by atoms with Crippen LogP contribution in [-0.4, -0.2) is 21.2 Å². The lowest BCUT2D eigenvalue weighted by atomic mass is 10.1. The van der Waals surface area contributed by atoms with Crippen molar-refractivity contribution in [3.8, 4) is 17.1 Å². The minimum absolute atomic E-state index is 0.147. The molecule has 1 atom stereocenters. The number of benzene rings is 2. The molecule has 0 unspecified atom stereocenters. The number of amides is 1. The van der Waals surface area contributed by atoms with Crippen molar-refractivity contribution < 1.29 is 18.6 Å². The van der Waals surface area contributed by atoms with E-state index in [-0.39, 0.29) is 12.3 Å². The second-order valence-electron chi connectivity index (χ2n) is 7.23. The fraction of sp³-hybridized carbons (Fsp3) is 0.217. The van der Waals surface area contributed by atoms with Crippen molar-refractivity contribution in [3.05, 3.63) is 83.1 Å². The number of aromatic nitrogens is 3. The predicted molar refractivity (Wildman–Crippen MR) is 112 cm³/mol. The summed E-state index contributed by atoms with van der Waals surface area (Å²) in [6.45, 7) is 5.98. The molecule has 4 rings (SSSR count). The first-order valence-corrected chi connectivity index (χ1v) is 9.85. The largest absolute Gasteiger partial charge is 0.486 e. The number of carbonyl (C=O) groups is 1. The Morgan fingerprint density at radius 1 is 1.03 bits per heavy atom. The maximum atomic E-state index is 12.5. The Balaban J connectivity index is 1.35. The highest BCUT2D eigenvalue weighted by Crippen LogP contribution is 2.20. The zero-order chi connectivity index (χ0) is 21.8. The normalized spacial score (nSPS) is 11.8. The van der Waals surface area contributed by atoms with Crippen LogP contribution in [-0.2, 0) is 6.61 Å². The second-order valence-corrected chi connectivity index (χ2v) is 7.23. The van der Waals surface area contributed by atoms with Gasteiger partial charge >= 0.3 is 0 Å². The van der Waals surface area contributed by atoms with Crippen LogP contribution in [0.2, 0.25) is 0 Å². The molecule has 0 aliphatic rings. The number of ether oxygens (including phenoxy) is 1. The van der Waals surface area contributed by atoms with Crippen LogP contribution in [0.5, 0.6) is 5.75 Å². The molecule has 8 heteroatoms. The van der Waals surface area contributed by atoms with Gasteiger partial charge < -0.3 is 19.1 Å². The molecular weight excluding hydrogens is 396 g/mol.